The largest absolute Gasteiger partial charge is 0.481 e. The molecule has 0 bridgehead atoms. The van der Waals surface area contributed by atoms with Gasteiger partial charge in [0.2, 0.25) is 0 Å². The van der Waals surface area contributed by atoms with Crippen LogP contribution in [0.3, 0.4) is 0 Å². The molecule has 0 atom stereocenters. The second-order valence-corrected chi connectivity index (χ2v) is 7.31. The third kappa shape index (κ3) is 5.57. The predicted molar refractivity (Wildman–Crippen MR) is 105 cm³/mol. The molecule has 0 aliphatic heterocycles. The van der Waals surface area contributed by atoms with E-state index in [-0.39, 0.29) is 12.5 Å². The first-order valence-corrected chi connectivity index (χ1v) is 9.17. The van der Waals surface area contributed by atoms with E-state index in [1.165, 1.54) is 0 Å². The SMILES string of the molecule is CCCc1c(NC(=O)NC(C)(C)CCC(=O)O)cnn1-c1ccccc1C. The molecular formula is C20H28N4O3. The van der Waals surface area contributed by atoms with E-state index in [9.17, 15) is 9.59 Å². The maximum atomic E-state index is 12.4. The molecule has 2 rings (SSSR count). The molecule has 7 nitrogen and oxygen atoms in total. The Morgan fingerprint density at radius 1 is 1.26 bits per heavy atom. The summed E-state index contributed by atoms with van der Waals surface area (Å²) in [7, 11) is 0. The van der Waals surface area contributed by atoms with Crippen LogP contribution in [0.5, 0.6) is 0 Å². The van der Waals surface area contributed by atoms with Crippen molar-refractivity contribution in [3.63, 3.8) is 0 Å². The van der Waals surface area contributed by atoms with Gasteiger partial charge in [-0.05, 0) is 45.2 Å². The fraction of sp³-hybridized carbons (Fsp3) is 0.450. The number of nitrogens with zero attached hydrogens (tertiary/aromatic N) is 2. The monoisotopic (exact) mass is 372 g/mol. The summed E-state index contributed by atoms with van der Waals surface area (Å²) in [6.07, 6.45) is 3.69. The van der Waals surface area contributed by atoms with Gasteiger partial charge in [-0.3, -0.25) is 4.79 Å². The number of benzene rings is 1. The highest BCUT2D eigenvalue weighted by atomic mass is 16.4. The number of anilines is 1. The number of carboxylic acids is 1. The van der Waals surface area contributed by atoms with E-state index in [1.54, 1.807) is 20.0 Å². The van der Waals surface area contributed by atoms with Crippen LogP contribution in [0, 0.1) is 6.92 Å². The van der Waals surface area contributed by atoms with Gasteiger partial charge in [-0.15, -0.1) is 0 Å². The summed E-state index contributed by atoms with van der Waals surface area (Å²) in [5, 5.41) is 19.0. The fourth-order valence-corrected chi connectivity index (χ4v) is 2.91. The van der Waals surface area contributed by atoms with Crippen LogP contribution in [0.1, 0.15) is 51.3 Å². The zero-order valence-electron chi connectivity index (χ0n) is 16.4. The number of hydrogen-bond acceptors (Lipinski definition) is 3. The maximum absolute atomic E-state index is 12.4. The molecule has 1 aromatic heterocycles. The molecular weight excluding hydrogens is 344 g/mol. The summed E-state index contributed by atoms with van der Waals surface area (Å²) < 4.78 is 1.87. The number of carboxylic acid groups (broad SMARTS) is 1. The summed E-state index contributed by atoms with van der Waals surface area (Å²) in [4.78, 5) is 23.2. The normalized spacial score (nSPS) is 11.3. The first-order chi connectivity index (χ1) is 12.7. The van der Waals surface area contributed by atoms with Crippen LogP contribution in [0.25, 0.3) is 5.69 Å². The quantitative estimate of drug-likeness (QED) is 0.655. The van der Waals surface area contributed by atoms with E-state index in [0.717, 1.165) is 29.8 Å². The van der Waals surface area contributed by atoms with Gasteiger partial charge < -0.3 is 15.7 Å². The summed E-state index contributed by atoms with van der Waals surface area (Å²) in [5.74, 6) is -0.880. The van der Waals surface area contributed by atoms with Crippen molar-refractivity contribution in [2.45, 2.75) is 58.9 Å². The van der Waals surface area contributed by atoms with E-state index in [4.69, 9.17) is 5.11 Å². The van der Waals surface area contributed by atoms with Crippen molar-refractivity contribution < 1.29 is 14.7 Å². The minimum Gasteiger partial charge on any atom is -0.481 e. The van der Waals surface area contributed by atoms with Gasteiger partial charge in [0, 0.05) is 12.0 Å². The van der Waals surface area contributed by atoms with E-state index < -0.39 is 11.5 Å². The van der Waals surface area contributed by atoms with E-state index in [1.807, 2.05) is 35.9 Å². The van der Waals surface area contributed by atoms with E-state index in [0.29, 0.717) is 12.1 Å². The highest BCUT2D eigenvalue weighted by Gasteiger charge is 2.23. The minimum absolute atomic E-state index is 0.000415. The van der Waals surface area contributed by atoms with Gasteiger partial charge in [-0.2, -0.15) is 5.10 Å². The predicted octanol–water partition coefficient (Wildman–Crippen LogP) is 3.90. The van der Waals surface area contributed by atoms with Gasteiger partial charge in [-0.25, -0.2) is 9.48 Å². The van der Waals surface area contributed by atoms with Gasteiger partial charge in [0.1, 0.15) is 0 Å². The van der Waals surface area contributed by atoms with Crippen molar-refractivity contribution in [1.29, 1.82) is 0 Å². The number of carbonyl (C=O) groups excluding carboxylic acids is 1. The molecule has 0 saturated carbocycles. The number of carbonyl (C=O) groups is 2. The fourth-order valence-electron chi connectivity index (χ4n) is 2.91. The Kier molecular flexibility index (Phi) is 6.60. The van der Waals surface area contributed by atoms with Gasteiger partial charge >= 0.3 is 12.0 Å². The smallest absolute Gasteiger partial charge is 0.319 e. The molecule has 1 heterocycles. The number of nitrogens with one attached hydrogen (secondary N) is 2. The van der Waals surface area contributed by atoms with Crippen molar-refractivity contribution >= 4 is 17.7 Å². The Morgan fingerprint density at radius 2 is 1.96 bits per heavy atom. The second-order valence-electron chi connectivity index (χ2n) is 7.31. The molecule has 0 radical (unpaired) electrons. The zero-order chi connectivity index (χ0) is 20.0. The third-order valence-electron chi connectivity index (χ3n) is 4.36. The van der Waals surface area contributed by atoms with Crippen LogP contribution in [-0.4, -0.2) is 32.4 Å². The molecule has 0 unspecified atom stereocenters. The summed E-state index contributed by atoms with van der Waals surface area (Å²) >= 11 is 0. The lowest BCUT2D eigenvalue weighted by atomic mass is 9.99. The highest BCUT2D eigenvalue weighted by Crippen LogP contribution is 2.23. The molecule has 7 heteroatoms. The molecule has 3 N–H and O–H groups in total. The van der Waals surface area contributed by atoms with Crippen LogP contribution in [0.4, 0.5) is 10.5 Å². The van der Waals surface area contributed by atoms with Gasteiger partial charge in [-0.1, -0.05) is 31.5 Å². The number of urea groups is 1. The van der Waals surface area contributed by atoms with E-state index >= 15 is 0 Å². The average Bonchev–Trinajstić information content (AvgIpc) is 2.96. The van der Waals surface area contributed by atoms with Gasteiger partial charge in [0.05, 0.1) is 23.3 Å². The van der Waals surface area contributed by atoms with Crippen LogP contribution in [0.15, 0.2) is 30.5 Å². The molecule has 0 fully saturated rings. The number of para-hydroxylation sites is 1. The lowest BCUT2D eigenvalue weighted by Crippen LogP contribution is -2.45. The summed E-state index contributed by atoms with van der Waals surface area (Å²) in [5.41, 5.74) is 3.05. The Balaban J connectivity index is 2.18. The first kappa shape index (κ1) is 20.5. The van der Waals surface area contributed by atoms with Gasteiger partial charge in [0.25, 0.3) is 0 Å². The third-order valence-corrected chi connectivity index (χ3v) is 4.36. The topological polar surface area (TPSA) is 96.2 Å². The molecule has 27 heavy (non-hydrogen) atoms. The molecule has 146 valence electrons. The first-order valence-electron chi connectivity index (χ1n) is 9.17. The molecule has 0 aliphatic carbocycles. The molecule has 2 amide bonds. The van der Waals surface area contributed by atoms with Crippen molar-refractivity contribution in [2.75, 3.05) is 5.32 Å². The number of amides is 2. The number of hydrogen-bond donors (Lipinski definition) is 3. The Labute approximate surface area is 159 Å². The standard InChI is InChI=1S/C20H28N4O3/c1-5-8-17-15(13-21-24(17)16-10-7-6-9-14(16)2)22-19(27)23-20(3,4)12-11-18(25)26/h6-7,9-10,13H,5,8,11-12H2,1-4H3,(H,25,26)(H2,22,23,27). The van der Waals surface area contributed by atoms with Crippen LogP contribution in [-0.2, 0) is 11.2 Å². The van der Waals surface area contributed by atoms with Gasteiger partial charge in [0.15, 0.2) is 0 Å². The molecule has 0 aliphatic rings. The van der Waals surface area contributed by atoms with Crippen molar-refractivity contribution in [3.8, 4) is 5.69 Å². The number of aliphatic carboxylic acids is 1. The Hall–Kier alpha value is -2.83. The van der Waals surface area contributed by atoms with Crippen molar-refractivity contribution in [1.82, 2.24) is 15.1 Å². The zero-order valence-corrected chi connectivity index (χ0v) is 16.4. The number of rotatable bonds is 8. The lowest BCUT2D eigenvalue weighted by Gasteiger charge is -2.25. The van der Waals surface area contributed by atoms with Crippen LogP contribution >= 0.6 is 0 Å². The summed E-state index contributed by atoms with van der Waals surface area (Å²) in [6, 6.07) is 7.60. The Bertz CT molecular complexity index is 811. The molecule has 1 aromatic carbocycles. The average molecular weight is 372 g/mol. The van der Waals surface area contributed by atoms with Crippen LogP contribution in [0.2, 0.25) is 0 Å². The van der Waals surface area contributed by atoms with Crippen molar-refractivity contribution in [2.24, 2.45) is 0 Å². The lowest BCUT2D eigenvalue weighted by molar-refractivity contribution is -0.137. The van der Waals surface area contributed by atoms with Crippen LogP contribution < -0.4 is 10.6 Å². The molecule has 0 spiro atoms. The number of aryl methyl sites for hydroxylation is 1. The molecule has 0 saturated heterocycles. The number of aromatic nitrogens is 2. The summed E-state index contributed by atoms with van der Waals surface area (Å²) in [6.45, 7) is 7.71. The minimum atomic E-state index is -0.880. The highest BCUT2D eigenvalue weighted by molar-refractivity contribution is 5.90. The van der Waals surface area contributed by atoms with E-state index in [2.05, 4.69) is 22.7 Å². The van der Waals surface area contributed by atoms with Crippen molar-refractivity contribution in [3.05, 3.63) is 41.7 Å². The second kappa shape index (κ2) is 8.70. The molecule has 2 aromatic rings. The Morgan fingerprint density at radius 3 is 2.59 bits per heavy atom. The maximum Gasteiger partial charge on any atom is 0.319 e.